The lowest BCUT2D eigenvalue weighted by Gasteiger charge is -2.36. The van der Waals surface area contributed by atoms with Gasteiger partial charge in [-0.25, -0.2) is 0 Å². The van der Waals surface area contributed by atoms with Gasteiger partial charge in [0, 0.05) is 24.7 Å². The number of likely N-dealkylation sites (tertiary alicyclic amines) is 1. The summed E-state index contributed by atoms with van der Waals surface area (Å²) >= 11 is 0. The largest absolute Gasteiger partial charge is 0.483 e. The van der Waals surface area contributed by atoms with Crippen molar-refractivity contribution in [3.63, 3.8) is 0 Å². The highest BCUT2D eigenvalue weighted by atomic mass is 16.5. The molecule has 0 spiro atoms. The summed E-state index contributed by atoms with van der Waals surface area (Å²) in [6.07, 6.45) is 2.15. The number of nitrogens with zero attached hydrogens (tertiary/aromatic N) is 1. The van der Waals surface area contributed by atoms with Gasteiger partial charge in [0.2, 0.25) is 0 Å². The van der Waals surface area contributed by atoms with Gasteiger partial charge in [0.25, 0.3) is 5.91 Å². The second kappa shape index (κ2) is 6.75. The van der Waals surface area contributed by atoms with Crippen LogP contribution in [0.4, 0.5) is 0 Å². The fourth-order valence-corrected chi connectivity index (χ4v) is 2.81. The minimum absolute atomic E-state index is 0.0659. The molecule has 1 fully saturated rings. The van der Waals surface area contributed by atoms with Crippen LogP contribution in [-0.2, 0) is 11.3 Å². The van der Waals surface area contributed by atoms with Crippen LogP contribution in [0.15, 0.2) is 24.3 Å². The zero-order valence-electron chi connectivity index (χ0n) is 12.3. The van der Waals surface area contributed by atoms with Crippen LogP contribution in [0.3, 0.4) is 0 Å². The van der Waals surface area contributed by atoms with Crippen LogP contribution in [0.5, 0.6) is 5.75 Å². The Bertz CT molecular complexity index is 462. The maximum Gasteiger partial charge on any atom is 0.260 e. The first kappa shape index (κ1) is 14.9. The van der Waals surface area contributed by atoms with Crippen LogP contribution in [0, 0.1) is 5.92 Å². The number of nitrogens with two attached hydrogens (primary N) is 1. The third-order valence-corrected chi connectivity index (χ3v) is 4.00. The van der Waals surface area contributed by atoms with Crippen molar-refractivity contribution >= 4 is 5.91 Å². The van der Waals surface area contributed by atoms with E-state index < -0.39 is 0 Å². The first-order valence-corrected chi connectivity index (χ1v) is 7.32. The topological polar surface area (TPSA) is 55.6 Å². The van der Waals surface area contributed by atoms with Crippen molar-refractivity contribution in [1.82, 2.24) is 4.90 Å². The highest BCUT2D eigenvalue weighted by molar-refractivity contribution is 5.78. The van der Waals surface area contributed by atoms with Gasteiger partial charge in [-0.2, -0.15) is 0 Å². The van der Waals surface area contributed by atoms with E-state index >= 15 is 0 Å². The van der Waals surface area contributed by atoms with Crippen molar-refractivity contribution in [2.24, 2.45) is 11.7 Å². The van der Waals surface area contributed by atoms with Crippen LogP contribution >= 0.6 is 0 Å². The number of amides is 1. The van der Waals surface area contributed by atoms with Gasteiger partial charge in [-0.05, 0) is 31.7 Å². The molecule has 2 unspecified atom stereocenters. The van der Waals surface area contributed by atoms with Crippen molar-refractivity contribution in [3.05, 3.63) is 29.8 Å². The van der Waals surface area contributed by atoms with Crippen LogP contribution in [0.2, 0.25) is 0 Å². The highest BCUT2D eigenvalue weighted by Crippen LogP contribution is 2.23. The van der Waals surface area contributed by atoms with E-state index in [1.54, 1.807) is 0 Å². The van der Waals surface area contributed by atoms with E-state index in [1.165, 1.54) is 0 Å². The monoisotopic (exact) mass is 276 g/mol. The molecule has 0 aromatic heterocycles. The molecule has 2 rings (SSSR count). The summed E-state index contributed by atoms with van der Waals surface area (Å²) < 4.78 is 5.65. The Kier molecular flexibility index (Phi) is 5.01. The lowest BCUT2D eigenvalue weighted by Crippen LogP contribution is -2.46. The zero-order valence-corrected chi connectivity index (χ0v) is 12.3. The Morgan fingerprint density at radius 1 is 1.40 bits per heavy atom. The molecule has 1 heterocycles. The molecular weight excluding hydrogens is 252 g/mol. The maximum absolute atomic E-state index is 12.3. The SMILES string of the molecule is CC1CCN(C(=O)COc2ccccc2CN)C(C)C1. The number of hydrogen-bond acceptors (Lipinski definition) is 3. The molecule has 2 atom stereocenters. The molecular formula is C16H24N2O2. The fourth-order valence-electron chi connectivity index (χ4n) is 2.81. The zero-order chi connectivity index (χ0) is 14.5. The van der Waals surface area contributed by atoms with Gasteiger partial charge < -0.3 is 15.4 Å². The quantitative estimate of drug-likeness (QED) is 0.917. The number of carbonyl (C=O) groups is 1. The standard InChI is InChI=1S/C16H24N2O2/c1-12-7-8-18(13(2)9-12)16(19)11-20-15-6-4-3-5-14(15)10-17/h3-6,12-13H,7-11,17H2,1-2H3. The Labute approximate surface area is 120 Å². The van der Waals surface area contributed by atoms with Gasteiger partial charge in [-0.3, -0.25) is 4.79 Å². The minimum atomic E-state index is 0.0659. The van der Waals surface area contributed by atoms with E-state index in [0.717, 1.165) is 24.9 Å². The Hall–Kier alpha value is -1.55. The van der Waals surface area contributed by atoms with E-state index in [-0.39, 0.29) is 12.5 Å². The summed E-state index contributed by atoms with van der Waals surface area (Å²) in [7, 11) is 0. The number of hydrogen-bond donors (Lipinski definition) is 1. The fraction of sp³-hybridized carbons (Fsp3) is 0.562. The molecule has 1 saturated heterocycles. The predicted molar refractivity (Wildman–Crippen MR) is 79.4 cm³/mol. The van der Waals surface area contributed by atoms with Crippen molar-refractivity contribution in [2.45, 2.75) is 39.3 Å². The van der Waals surface area contributed by atoms with Crippen molar-refractivity contribution in [3.8, 4) is 5.75 Å². The van der Waals surface area contributed by atoms with E-state index in [4.69, 9.17) is 10.5 Å². The van der Waals surface area contributed by atoms with E-state index in [9.17, 15) is 4.79 Å². The normalized spacial score (nSPS) is 22.6. The molecule has 1 aromatic carbocycles. The first-order valence-electron chi connectivity index (χ1n) is 7.32. The molecule has 2 N–H and O–H groups in total. The lowest BCUT2D eigenvalue weighted by atomic mass is 9.93. The van der Waals surface area contributed by atoms with Gasteiger partial charge in [0.05, 0.1) is 0 Å². The lowest BCUT2D eigenvalue weighted by molar-refractivity contribution is -0.137. The number of para-hydroxylation sites is 1. The van der Waals surface area contributed by atoms with Crippen LogP contribution in [0.25, 0.3) is 0 Å². The van der Waals surface area contributed by atoms with Gasteiger partial charge >= 0.3 is 0 Å². The van der Waals surface area contributed by atoms with Crippen LogP contribution in [0.1, 0.15) is 32.3 Å². The molecule has 0 radical (unpaired) electrons. The summed E-state index contributed by atoms with van der Waals surface area (Å²) in [6, 6.07) is 7.90. The second-order valence-corrected chi connectivity index (χ2v) is 5.67. The molecule has 4 heteroatoms. The number of piperidine rings is 1. The summed E-state index contributed by atoms with van der Waals surface area (Å²) in [4.78, 5) is 14.2. The Morgan fingerprint density at radius 3 is 2.85 bits per heavy atom. The highest BCUT2D eigenvalue weighted by Gasteiger charge is 2.26. The van der Waals surface area contributed by atoms with Gasteiger partial charge in [0.15, 0.2) is 6.61 Å². The number of carbonyl (C=O) groups excluding carboxylic acids is 1. The van der Waals surface area contributed by atoms with Gasteiger partial charge in [0.1, 0.15) is 5.75 Å². The Morgan fingerprint density at radius 2 is 2.15 bits per heavy atom. The van der Waals surface area contributed by atoms with Gasteiger partial charge in [-0.1, -0.05) is 25.1 Å². The maximum atomic E-state index is 12.3. The van der Waals surface area contributed by atoms with Crippen molar-refractivity contribution < 1.29 is 9.53 Å². The molecule has 0 bridgehead atoms. The molecule has 4 nitrogen and oxygen atoms in total. The molecule has 1 aliphatic rings. The summed E-state index contributed by atoms with van der Waals surface area (Å²) in [5.74, 6) is 1.48. The molecule has 0 aliphatic carbocycles. The Balaban J connectivity index is 1.92. The predicted octanol–water partition coefficient (Wildman–Crippen LogP) is 2.17. The summed E-state index contributed by atoms with van der Waals surface area (Å²) in [6.45, 7) is 5.70. The van der Waals surface area contributed by atoms with Crippen LogP contribution < -0.4 is 10.5 Å². The number of benzene rings is 1. The molecule has 1 aromatic rings. The molecule has 110 valence electrons. The average Bonchev–Trinajstić information content (AvgIpc) is 2.45. The second-order valence-electron chi connectivity index (χ2n) is 5.67. The van der Waals surface area contributed by atoms with E-state index in [0.29, 0.717) is 24.3 Å². The molecule has 20 heavy (non-hydrogen) atoms. The van der Waals surface area contributed by atoms with Crippen molar-refractivity contribution in [1.29, 1.82) is 0 Å². The van der Waals surface area contributed by atoms with E-state index in [1.807, 2.05) is 29.2 Å². The van der Waals surface area contributed by atoms with Crippen molar-refractivity contribution in [2.75, 3.05) is 13.2 Å². The van der Waals surface area contributed by atoms with Crippen LogP contribution in [-0.4, -0.2) is 30.0 Å². The third kappa shape index (κ3) is 3.51. The molecule has 1 amide bonds. The number of ether oxygens (including phenoxy) is 1. The number of rotatable bonds is 4. The molecule has 0 saturated carbocycles. The average molecular weight is 276 g/mol. The summed E-state index contributed by atoms with van der Waals surface area (Å²) in [5, 5.41) is 0. The minimum Gasteiger partial charge on any atom is -0.483 e. The molecule has 1 aliphatic heterocycles. The first-order chi connectivity index (χ1) is 9.61. The van der Waals surface area contributed by atoms with Gasteiger partial charge in [-0.15, -0.1) is 0 Å². The smallest absolute Gasteiger partial charge is 0.260 e. The van der Waals surface area contributed by atoms with E-state index in [2.05, 4.69) is 13.8 Å². The summed E-state index contributed by atoms with van der Waals surface area (Å²) in [5.41, 5.74) is 6.59. The third-order valence-electron chi connectivity index (χ3n) is 4.00.